The molecule has 0 radical (unpaired) electrons. The van der Waals surface area contributed by atoms with Crippen LogP contribution in [0.4, 0.5) is 0 Å². The molecule has 1 saturated heterocycles. The van der Waals surface area contributed by atoms with E-state index in [0.29, 0.717) is 0 Å². The van der Waals surface area contributed by atoms with E-state index in [9.17, 15) is 0 Å². The summed E-state index contributed by atoms with van der Waals surface area (Å²) in [4.78, 5) is 2.52. The van der Waals surface area contributed by atoms with Crippen molar-refractivity contribution in [1.82, 2.24) is 10.2 Å². The molecule has 0 aliphatic carbocycles. The lowest BCUT2D eigenvalue weighted by atomic mass is 10.2. The molecule has 1 aliphatic heterocycles. The standard InChI is InChI=1S/C12H24N2/c1-4-8-14(9-11(2)3)10-12-6-5-7-13-12/h12-13H,2,4-10H2,1,3H3. The molecule has 1 fully saturated rings. The van der Waals surface area contributed by atoms with Crippen molar-refractivity contribution >= 4 is 0 Å². The van der Waals surface area contributed by atoms with Gasteiger partial charge in [0.25, 0.3) is 0 Å². The molecule has 1 atom stereocenters. The summed E-state index contributed by atoms with van der Waals surface area (Å²) in [6, 6.07) is 0.723. The van der Waals surface area contributed by atoms with Crippen molar-refractivity contribution in [3.63, 3.8) is 0 Å². The first-order valence-corrected chi connectivity index (χ1v) is 5.82. The second-order valence-electron chi connectivity index (χ2n) is 4.49. The van der Waals surface area contributed by atoms with Gasteiger partial charge in [-0.15, -0.1) is 0 Å². The molecule has 82 valence electrons. The van der Waals surface area contributed by atoms with Crippen molar-refractivity contribution in [1.29, 1.82) is 0 Å². The van der Waals surface area contributed by atoms with Crippen LogP contribution in [-0.4, -0.2) is 37.1 Å². The molecule has 0 aromatic heterocycles. The van der Waals surface area contributed by atoms with Crippen molar-refractivity contribution in [3.05, 3.63) is 12.2 Å². The van der Waals surface area contributed by atoms with Gasteiger partial charge in [-0.2, -0.15) is 0 Å². The number of hydrogen-bond donors (Lipinski definition) is 1. The van der Waals surface area contributed by atoms with Gasteiger partial charge in [-0.1, -0.05) is 19.1 Å². The Hall–Kier alpha value is -0.340. The van der Waals surface area contributed by atoms with Crippen molar-refractivity contribution in [2.45, 2.75) is 39.2 Å². The third-order valence-corrected chi connectivity index (χ3v) is 2.67. The summed E-state index contributed by atoms with van der Waals surface area (Å²) in [6.45, 7) is 13.0. The first-order valence-electron chi connectivity index (χ1n) is 5.82. The van der Waals surface area contributed by atoms with Gasteiger partial charge in [0.05, 0.1) is 0 Å². The molecule has 0 amide bonds. The van der Waals surface area contributed by atoms with Crippen LogP contribution < -0.4 is 5.32 Å². The number of hydrogen-bond acceptors (Lipinski definition) is 2. The molecule has 0 aromatic carbocycles. The van der Waals surface area contributed by atoms with E-state index in [1.165, 1.54) is 44.5 Å². The Kier molecular flexibility index (Phi) is 5.20. The van der Waals surface area contributed by atoms with E-state index in [2.05, 4.69) is 30.6 Å². The van der Waals surface area contributed by atoms with Crippen LogP contribution in [0.25, 0.3) is 0 Å². The zero-order valence-electron chi connectivity index (χ0n) is 9.68. The topological polar surface area (TPSA) is 15.3 Å². The van der Waals surface area contributed by atoms with E-state index in [4.69, 9.17) is 0 Å². The maximum atomic E-state index is 3.99. The Balaban J connectivity index is 2.29. The van der Waals surface area contributed by atoms with E-state index >= 15 is 0 Å². The van der Waals surface area contributed by atoms with Crippen LogP contribution >= 0.6 is 0 Å². The Morgan fingerprint density at radius 1 is 1.57 bits per heavy atom. The average molecular weight is 196 g/mol. The quantitative estimate of drug-likeness (QED) is 0.654. The molecule has 14 heavy (non-hydrogen) atoms. The minimum Gasteiger partial charge on any atom is -0.313 e. The smallest absolute Gasteiger partial charge is 0.0195 e. The summed E-state index contributed by atoms with van der Waals surface area (Å²) in [5.41, 5.74) is 1.27. The van der Waals surface area contributed by atoms with E-state index in [1.807, 2.05) is 0 Å². The fourth-order valence-corrected chi connectivity index (χ4v) is 2.16. The van der Waals surface area contributed by atoms with Crippen molar-refractivity contribution in [2.75, 3.05) is 26.2 Å². The van der Waals surface area contributed by atoms with Crippen LogP contribution in [0.15, 0.2) is 12.2 Å². The maximum Gasteiger partial charge on any atom is 0.0195 e. The van der Waals surface area contributed by atoms with Crippen LogP contribution in [0.3, 0.4) is 0 Å². The highest BCUT2D eigenvalue weighted by atomic mass is 15.1. The molecule has 0 saturated carbocycles. The molecular formula is C12H24N2. The van der Waals surface area contributed by atoms with Crippen molar-refractivity contribution in [3.8, 4) is 0 Å². The van der Waals surface area contributed by atoms with Crippen LogP contribution in [0, 0.1) is 0 Å². The van der Waals surface area contributed by atoms with Gasteiger partial charge in [0, 0.05) is 19.1 Å². The SMILES string of the molecule is C=C(C)CN(CCC)CC1CCCN1. The lowest BCUT2D eigenvalue weighted by Crippen LogP contribution is -2.38. The van der Waals surface area contributed by atoms with Crippen molar-refractivity contribution < 1.29 is 0 Å². The third kappa shape index (κ3) is 4.25. The summed E-state index contributed by atoms with van der Waals surface area (Å²) >= 11 is 0. The summed E-state index contributed by atoms with van der Waals surface area (Å²) < 4.78 is 0. The van der Waals surface area contributed by atoms with Gasteiger partial charge in [-0.05, 0) is 39.3 Å². The van der Waals surface area contributed by atoms with Crippen LogP contribution in [0.1, 0.15) is 33.1 Å². The number of nitrogens with zero attached hydrogens (tertiary/aromatic N) is 1. The molecule has 0 bridgehead atoms. The summed E-state index contributed by atoms with van der Waals surface area (Å²) in [6.07, 6.45) is 3.92. The minimum atomic E-state index is 0.723. The maximum absolute atomic E-state index is 3.99. The molecule has 1 N–H and O–H groups in total. The monoisotopic (exact) mass is 196 g/mol. The zero-order chi connectivity index (χ0) is 10.4. The van der Waals surface area contributed by atoms with E-state index in [0.717, 1.165) is 12.6 Å². The highest BCUT2D eigenvalue weighted by Gasteiger charge is 2.17. The Bertz CT molecular complexity index is 171. The highest BCUT2D eigenvalue weighted by molar-refractivity contribution is 4.93. The predicted octanol–water partition coefficient (Wildman–Crippen LogP) is 2.03. The molecule has 0 spiro atoms. The Morgan fingerprint density at radius 3 is 2.86 bits per heavy atom. The number of rotatable bonds is 6. The predicted molar refractivity (Wildman–Crippen MR) is 62.6 cm³/mol. The van der Waals surface area contributed by atoms with E-state index in [1.54, 1.807) is 0 Å². The van der Waals surface area contributed by atoms with Gasteiger partial charge in [-0.25, -0.2) is 0 Å². The Labute approximate surface area is 88.4 Å². The summed E-state index contributed by atoms with van der Waals surface area (Å²) in [5, 5.41) is 3.55. The van der Waals surface area contributed by atoms with E-state index < -0.39 is 0 Å². The molecule has 1 heterocycles. The normalized spacial score (nSPS) is 21.8. The second-order valence-corrected chi connectivity index (χ2v) is 4.49. The molecule has 2 nitrogen and oxygen atoms in total. The molecule has 0 aromatic rings. The van der Waals surface area contributed by atoms with Crippen LogP contribution in [0.2, 0.25) is 0 Å². The van der Waals surface area contributed by atoms with Gasteiger partial charge in [0.1, 0.15) is 0 Å². The molecule has 1 unspecified atom stereocenters. The number of nitrogens with one attached hydrogen (secondary N) is 1. The zero-order valence-corrected chi connectivity index (χ0v) is 9.68. The van der Waals surface area contributed by atoms with Gasteiger partial charge < -0.3 is 5.32 Å². The lowest BCUT2D eigenvalue weighted by molar-refractivity contribution is 0.269. The fourth-order valence-electron chi connectivity index (χ4n) is 2.16. The molecular weight excluding hydrogens is 172 g/mol. The van der Waals surface area contributed by atoms with Gasteiger partial charge >= 0.3 is 0 Å². The Morgan fingerprint density at radius 2 is 2.36 bits per heavy atom. The first kappa shape index (κ1) is 11.7. The van der Waals surface area contributed by atoms with Crippen LogP contribution in [-0.2, 0) is 0 Å². The largest absolute Gasteiger partial charge is 0.313 e. The average Bonchev–Trinajstić information content (AvgIpc) is 2.56. The third-order valence-electron chi connectivity index (χ3n) is 2.67. The molecule has 1 aliphatic rings. The van der Waals surface area contributed by atoms with E-state index in [-0.39, 0.29) is 0 Å². The van der Waals surface area contributed by atoms with Gasteiger partial charge in [0.15, 0.2) is 0 Å². The van der Waals surface area contributed by atoms with Gasteiger partial charge in [0.2, 0.25) is 0 Å². The molecule has 2 heteroatoms. The fraction of sp³-hybridized carbons (Fsp3) is 0.833. The molecule has 1 rings (SSSR count). The minimum absolute atomic E-state index is 0.723. The summed E-state index contributed by atoms with van der Waals surface area (Å²) in [5.74, 6) is 0. The summed E-state index contributed by atoms with van der Waals surface area (Å²) in [7, 11) is 0. The first-order chi connectivity index (χ1) is 6.72. The van der Waals surface area contributed by atoms with Gasteiger partial charge in [-0.3, -0.25) is 4.90 Å². The van der Waals surface area contributed by atoms with Crippen LogP contribution in [0.5, 0.6) is 0 Å². The highest BCUT2D eigenvalue weighted by Crippen LogP contribution is 2.08. The lowest BCUT2D eigenvalue weighted by Gasteiger charge is -2.25. The van der Waals surface area contributed by atoms with Crippen molar-refractivity contribution in [2.24, 2.45) is 0 Å². The second kappa shape index (κ2) is 6.20.